The number of nitrogens with zero attached hydrogens (tertiary/aromatic N) is 2. The Morgan fingerprint density at radius 1 is 1.44 bits per heavy atom. The van der Waals surface area contributed by atoms with Crippen LogP contribution in [0.15, 0.2) is 12.3 Å². The van der Waals surface area contributed by atoms with Gasteiger partial charge in [0.2, 0.25) is 5.91 Å². The van der Waals surface area contributed by atoms with Crippen LogP contribution in [0.5, 0.6) is 5.75 Å². The summed E-state index contributed by atoms with van der Waals surface area (Å²) in [4.78, 5) is 18.6. The number of carbonyl (C=O) groups excluding carboxylic acids is 1. The van der Waals surface area contributed by atoms with Crippen molar-refractivity contribution in [1.82, 2.24) is 9.88 Å². The van der Waals surface area contributed by atoms with Gasteiger partial charge in [-0.15, -0.1) is 0 Å². The molecule has 6 nitrogen and oxygen atoms in total. The van der Waals surface area contributed by atoms with E-state index in [9.17, 15) is 4.79 Å². The average molecular weight is 384 g/mol. The summed E-state index contributed by atoms with van der Waals surface area (Å²) in [6.07, 6.45) is 1.75. The smallest absolute Gasteiger partial charge is 0.249 e. The minimum absolute atomic E-state index is 0.0107. The molecular weight excluding hydrogens is 365 g/mol. The van der Waals surface area contributed by atoms with Crippen LogP contribution in [0.2, 0.25) is 10.0 Å². The molecule has 0 spiro atoms. The van der Waals surface area contributed by atoms with Crippen molar-refractivity contribution in [2.24, 2.45) is 5.73 Å². The molecule has 3 rings (SSSR count). The second-order valence-electron chi connectivity index (χ2n) is 5.84. The lowest BCUT2D eigenvalue weighted by atomic mass is 10.0. The van der Waals surface area contributed by atoms with Gasteiger partial charge in [-0.25, -0.2) is 0 Å². The molecule has 0 saturated heterocycles. The zero-order valence-corrected chi connectivity index (χ0v) is 15.5. The van der Waals surface area contributed by atoms with E-state index in [1.165, 1.54) is 7.11 Å². The maximum absolute atomic E-state index is 12.4. The number of pyridine rings is 1. The Morgan fingerprint density at radius 2 is 2.20 bits per heavy atom. The summed E-state index contributed by atoms with van der Waals surface area (Å²) in [5, 5.41) is 1.52. The quantitative estimate of drug-likeness (QED) is 0.803. The number of methoxy groups -OCH3 is 1. The molecule has 1 aromatic carbocycles. The van der Waals surface area contributed by atoms with Crippen LogP contribution in [0.3, 0.4) is 0 Å². The van der Waals surface area contributed by atoms with Crippen LogP contribution in [0.4, 0.5) is 0 Å². The third-order valence-corrected chi connectivity index (χ3v) is 5.23. The Morgan fingerprint density at radius 3 is 2.88 bits per heavy atom. The predicted molar refractivity (Wildman–Crippen MR) is 97.2 cm³/mol. The van der Waals surface area contributed by atoms with Gasteiger partial charge < -0.3 is 20.1 Å². The van der Waals surface area contributed by atoms with E-state index in [-0.39, 0.29) is 18.6 Å². The fourth-order valence-corrected chi connectivity index (χ4v) is 3.65. The molecule has 25 heavy (non-hydrogen) atoms. The molecular formula is C17H19Cl2N3O3. The van der Waals surface area contributed by atoms with Crippen LogP contribution < -0.4 is 10.5 Å². The second kappa shape index (κ2) is 7.33. The first-order chi connectivity index (χ1) is 12.0. The Hall–Kier alpha value is -1.60. The molecule has 2 N–H and O–H groups in total. The lowest BCUT2D eigenvalue weighted by molar-refractivity contribution is -0.138. The van der Waals surface area contributed by atoms with Gasteiger partial charge in [0.15, 0.2) is 0 Å². The van der Waals surface area contributed by atoms with Crippen LogP contribution in [0, 0.1) is 0 Å². The van der Waals surface area contributed by atoms with E-state index in [1.807, 2.05) is 13.0 Å². The molecule has 134 valence electrons. The highest BCUT2D eigenvalue weighted by Crippen LogP contribution is 2.44. The summed E-state index contributed by atoms with van der Waals surface area (Å²) >= 11 is 12.6. The summed E-state index contributed by atoms with van der Waals surface area (Å²) in [7, 11) is 1.54. The number of carbonyl (C=O) groups is 1. The summed E-state index contributed by atoms with van der Waals surface area (Å²) in [5.41, 5.74) is 7.98. The lowest BCUT2D eigenvalue weighted by Gasteiger charge is -2.22. The standard InChI is InChI=1S/C17H19Cl2N3O3/c1-9-14-10(7-22(9)13(23)8-25-4-3-20)6-21-17-11(14)5-12(24-2)15(18)16(17)19/h5-6,9H,3-4,7-8,20H2,1-2H3/t9-/m0/s1. The summed E-state index contributed by atoms with van der Waals surface area (Å²) in [6.45, 7) is 3.21. The van der Waals surface area contributed by atoms with E-state index < -0.39 is 0 Å². The molecule has 2 heterocycles. The van der Waals surface area contributed by atoms with Crippen molar-refractivity contribution in [3.8, 4) is 5.75 Å². The number of fused-ring (bicyclic) bond motifs is 3. The van der Waals surface area contributed by atoms with Crippen molar-refractivity contribution in [2.45, 2.75) is 19.5 Å². The number of amides is 1. The van der Waals surface area contributed by atoms with Crippen molar-refractivity contribution in [1.29, 1.82) is 0 Å². The Balaban J connectivity index is 2.00. The Bertz CT molecular complexity index is 829. The van der Waals surface area contributed by atoms with Gasteiger partial charge in [-0.1, -0.05) is 23.2 Å². The van der Waals surface area contributed by atoms with Crippen molar-refractivity contribution in [3.05, 3.63) is 33.4 Å². The Kier molecular flexibility index (Phi) is 5.34. The molecule has 0 unspecified atom stereocenters. The van der Waals surface area contributed by atoms with Gasteiger partial charge in [0.1, 0.15) is 17.4 Å². The molecule has 0 radical (unpaired) electrons. The van der Waals surface area contributed by atoms with Gasteiger partial charge in [-0.2, -0.15) is 0 Å². The maximum atomic E-state index is 12.4. The van der Waals surface area contributed by atoms with Gasteiger partial charge in [0.05, 0.1) is 30.3 Å². The number of aromatic nitrogens is 1. The fraction of sp³-hybridized carbons (Fsp3) is 0.412. The number of rotatable bonds is 5. The fourth-order valence-electron chi connectivity index (χ4n) is 3.18. The van der Waals surface area contributed by atoms with Gasteiger partial charge in [-0.3, -0.25) is 9.78 Å². The first-order valence-corrected chi connectivity index (χ1v) is 8.65. The molecule has 0 saturated carbocycles. The van der Waals surface area contributed by atoms with Gasteiger partial charge in [0, 0.05) is 24.7 Å². The van der Waals surface area contributed by atoms with E-state index >= 15 is 0 Å². The zero-order valence-electron chi connectivity index (χ0n) is 14.0. The number of hydrogen-bond acceptors (Lipinski definition) is 5. The molecule has 0 bridgehead atoms. The average Bonchev–Trinajstić information content (AvgIpc) is 2.95. The zero-order chi connectivity index (χ0) is 18.1. The monoisotopic (exact) mass is 383 g/mol. The van der Waals surface area contributed by atoms with Crippen molar-refractivity contribution < 1.29 is 14.3 Å². The van der Waals surface area contributed by atoms with Crippen LogP contribution in [0.1, 0.15) is 24.1 Å². The highest BCUT2D eigenvalue weighted by molar-refractivity contribution is 6.46. The minimum Gasteiger partial charge on any atom is -0.495 e. The van der Waals surface area contributed by atoms with Crippen LogP contribution >= 0.6 is 23.2 Å². The van der Waals surface area contributed by atoms with Gasteiger partial charge in [-0.05, 0) is 24.1 Å². The summed E-state index contributed by atoms with van der Waals surface area (Å²) in [6, 6.07) is 1.70. The first-order valence-electron chi connectivity index (χ1n) is 7.90. The largest absolute Gasteiger partial charge is 0.495 e. The normalized spacial score (nSPS) is 16.4. The van der Waals surface area contributed by atoms with Crippen LogP contribution in [-0.4, -0.2) is 42.7 Å². The summed E-state index contributed by atoms with van der Waals surface area (Å²) < 4.78 is 10.6. The Labute approximate surface area is 155 Å². The van der Waals surface area contributed by atoms with Crippen molar-refractivity contribution in [2.75, 3.05) is 26.9 Å². The number of benzene rings is 1. The van der Waals surface area contributed by atoms with Crippen molar-refractivity contribution >= 4 is 40.0 Å². The SMILES string of the molecule is COc1cc2c3c(cnc2c(Cl)c1Cl)CN(C(=O)COCCN)[C@H]3C. The van der Waals surface area contributed by atoms with E-state index in [0.29, 0.717) is 41.0 Å². The first kappa shape index (κ1) is 18.2. The topological polar surface area (TPSA) is 77.7 Å². The number of nitrogens with two attached hydrogens (primary N) is 1. The highest BCUT2D eigenvalue weighted by Gasteiger charge is 2.33. The van der Waals surface area contributed by atoms with Crippen LogP contribution in [-0.2, 0) is 16.1 Å². The van der Waals surface area contributed by atoms with E-state index in [1.54, 1.807) is 11.1 Å². The molecule has 1 aliphatic rings. The molecule has 2 aromatic rings. The molecule has 0 fully saturated rings. The van der Waals surface area contributed by atoms with E-state index in [4.69, 9.17) is 38.4 Å². The molecule has 0 aliphatic carbocycles. The molecule has 1 aliphatic heterocycles. The minimum atomic E-state index is -0.128. The number of halogens is 2. The maximum Gasteiger partial charge on any atom is 0.249 e. The van der Waals surface area contributed by atoms with Crippen molar-refractivity contribution in [3.63, 3.8) is 0 Å². The predicted octanol–water partition coefficient (Wildman–Crippen LogP) is 2.93. The third-order valence-electron chi connectivity index (χ3n) is 4.39. The highest BCUT2D eigenvalue weighted by atomic mass is 35.5. The molecule has 1 aromatic heterocycles. The molecule has 1 amide bonds. The lowest BCUT2D eigenvalue weighted by Crippen LogP contribution is -2.32. The van der Waals surface area contributed by atoms with E-state index in [0.717, 1.165) is 16.5 Å². The molecule has 8 heteroatoms. The van der Waals surface area contributed by atoms with Gasteiger partial charge >= 0.3 is 0 Å². The number of hydrogen-bond donors (Lipinski definition) is 1. The number of ether oxygens (including phenoxy) is 2. The van der Waals surface area contributed by atoms with E-state index in [2.05, 4.69) is 4.98 Å². The van der Waals surface area contributed by atoms with Crippen LogP contribution in [0.25, 0.3) is 10.9 Å². The second-order valence-corrected chi connectivity index (χ2v) is 6.59. The molecule has 1 atom stereocenters. The van der Waals surface area contributed by atoms with Gasteiger partial charge in [0.25, 0.3) is 0 Å². The summed E-state index contributed by atoms with van der Waals surface area (Å²) in [5.74, 6) is 0.398. The third kappa shape index (κ3) is 3.15.